The van der Waals surface area contributed by atoms with Gasteiger partial charge in [-0.2, -0.15) is 0 Å². The van der Waals surface area contributed by atoms with Gasteiger partial charge >= 0.3 is 7.12 Å². The van der Waals surface area contributed by atoms with E-state index < -0.39 is 7.12 Å². The van der Waals surface area contributed by atoms with Crippen LogP contribution in [0.5, 0.6) is 0 Å². The maximum absolute atomic E-state index is 6.13. The maximum Gasteiger partial charge on any atom is 0.501 e. The highest BCUT2D eigenvalue weighted by molar-refractivity contribution is 6.65. The SMILES string of the molecule is CCCCc1onc(Cl)c1B1OC(C)(C)C(C)(C)O1. The molecule has 0 radical (unpaired) electrons. The van der Waals surface area contributed by atoms with Crippen LogP contribution in [0.2, 0.25) is 5.15 Å². The first-order chi connectivity index (χ1) is 8.78. The average Bonchev–Trinajstić information content (AvgIpc) is 2.74. The largest absolute Gasteiger partial charge is 0.501 e. The van der Waals surface area contributed by atoms with E-state index in [9.17, 15) is 0 Å². The second-order valence-electron chi connectivity index (χ2n) is 6.00. The Hall–Kier alpha value is -0.515. The van der Waals surface area contributed by atoms with Gasteiger partial charge < -0.3 is 13.8 Å². The summed E-state index contributed by atoms with van der Waals surface area (Å²) in [6.07, 6.45) is 2.91. The molecule has 1 saturated heterocycles. The summed E-state index contributed by atoms with van der Waals surface area (Å²) in [7, 11) is -0.504. The van der Waals surface area contributed by atoms with Crippen molar-refractivity contribution in [2.75, 3.05) is 0 Å². The fourth-order valence-electron chi connectivity index (χ4n) is 2.02. The molecule has 2 rings (SSSR count). The van der Waals surface area contributed by atoms with E-state index in [2.05, 4.69) is 12.1 Å². The topological polar surface area (TPSA) is 44.5 Å². The van der Waals surface area contributed by atoms with Crippen LogP contribution in [0.1, 0.15) is 53.2 Å². The highest BCUT2D eigenvalue weighted by atomic mass is 35.5. The molecule has 0 spiro atoms. The van der Waals surface area contributed by atoms with E-state index in [1.807, 2.05) is 27.7 Å². The lowest BCUT2D eigenvalue weighted by atomic mass is 9.78. The number of hydrogen-bond acceptors (Lipinski definition) is 4. The second-order valence-corrected chi connectivity index (χ2v) is 6.36. The summed E-state index contributed by atoms with van der Waals surface area (Å²) in [5.41, 5.74) is -0.0330. The minimum absolute atomic E-state index is 0.338. The summed E-state index contributed by atoms with van der Waals surface area (Å²) < 4.78 is 17.3. The van der Waals surface area contributed by atoms with Crippen LogP contribution in [0.4, 0.5) is 0 Å². The van der Waals surface area contributed by atoms with Crippen LogP contribution < -0.4 is 5.46 Å². The molecule has 1 aromatic rings. The Morgan fingerprint density at radius 3 is 2.26 bits per heavy atom. The highest BCUT2D eigenvalue weighted by Crippen LogP contribution is 2.37. The average molecular weight is 286 g/mol. The van der Waals surface area contributed by atoms with Crippen molar-refractivity contribution in [1.29, 1.82) is 0 Å². The summed E-state index contributed by atoms with van der Waals surface area (Å²) in [6.45, 7) is 10.2. The van der Waals surface area contributed by atoms with Gasteiger partial charge in [0.2, 0.25) is 0 Å². The predicted octanol–water partition coefficient (Wildman–Crippen LogP) is 2.97. The van der Waals surface area contributed by atoms with Crippen molar-refractivity contribution in [3.05, 3.63) is 10.9 Å². The van der Waals surface area contributed by atoms with Gasteiger partial charge in [0, 0.05) is 6.42 Å². The first-order valence-corrected chi connectivity index (χ1v) is 7.16. The van der Waals surface area contributed by atoms with Gasteiger partial charge in [-0.1, -0.05) is 30.1 Å². The number of hydrogen-bond donors (Lipinski definition) is 0. The first kappa shape index (κ1) is 14.9. The molecule has 0 aliphatic carbocycles. The normalized spacial score (nSPS) is 21.1. The van der Waals surface area contributed by atoms with E-state index in [0.29, 0.717) is 5.15 Å². The zero-order valence-corrected chi connectivity index (χ0v) is 13.0. The number of rotatable bonds is 4. The van der Waals surface area contributed by atoms with Crippen LogP contribution in [0, 0.1) is 0 Å². The minimum Gasteiger partial charge on any atom is -0.399 e. The van der Waals surface area contributed by atoms with E-state index in [1.54, 1.807) is 0 Å². The fourth-order valence-corrected chi connectivity index (χ4v) is 2.24. The van der Waals surface area contributed by atoms with Crippen LogP contribution in [0.15, 0.2) is 4.52 Å². The van der Waals surface area contributed by atoms with Gasteiger partial charge in [0.1, 0.15) is 5.76 Å². The third kappa shape index (κ3) is 2.69. The Labute approximate surface area is 119 Å². The molecule has 2 heterocycles. The fraction of sp³-hybridized carbons (Fsp3) is 0.769. The third-order valence-electron chi connectivity index (χ3n) is 4.00. The molecule has 6 heteroatoms. The van der Waals surface area contributed by atoms with Crippen LogP contribution >= 0.6 is 11.6 Å². The Bertz CT molecular complexity index is 443. The standard InChI is InChI=1S/C13H21BClNO3/c1-6-7-8-9-10(11(15)16-17-9)14-18-12(2,3)13(4,5)19-14/h6-8H2,1-5H3. The molecule has 0 N–H and O–H groups in total. The van der Waals surface area contributed by atoms with Crippen LogP contribution in [0.25, 0.3) is 0 Å². The minimum atomic E-state index is -0.504. The van der Waals surface area contributed by atoms with Crippen LogP contribution in [-0.2, 0) is 15.7 Å². The summed E-state index contributed by atoms with van der Waals surface area (Å²) in [4.78, 5) is 0. The molecular weight excluding hydrogens is 264 g/mol. The zero-order chi connectivity index (χ0) is 14.3. The molecule has 0 saturated carbocycles. The van der Waals surface area contributed by atoms with Gasteiger partial charge in [-0.3, -0.25) is 0 Å². The smallest absolute Gasteiger partial charge is 0.399 e. The molecule has 0 aromatic carbocycles. The summed E-state index contributed by atoms with van der Waals surface area (Å²) in [5, 5.41) is 4.18. The first-order valence-electron chi connectivity index (χ1n) is 6.78. The number of aryl methyl sites for hydroxylation is 1. The van der Waals surface area contributed by atoms with Crippen molar-refractivity contribution >= 4 is 24.2 Å². The lowest BCUT2D eigenvalue weighted by molar-refractivity contribution is 0.00578. The molecule has 19 heavy (non-hydrogen) atoms. The molecule has 1 aliphatic heterocycles. The lowest BCUT2D eigenvalue weighted by Gasteiger charge is -2.32. The molecule has 0 unspecified atom stereocenters. The summed E-state index contributed by atoms with van der Waals surface area (Å²) in [5.74, 6) is 0.769. The summed E-state index contributed by atoms with van der Waals surface area (Å²) >= 11 is 6.13. The molecule has 0 amide bonds. The van der Waals surface area contributed by atoms with Crippen molar-refractivity contribution in [2.45, 2.75) is 65.1 Å². The number of nitrogens with zero attached hydrogens (tertiary/aromatic N) is 1. The molecule has 1 aromatic heterocycles. The number of unbranched alkanes of at least 4 members (excludes halogenated alkanes) is 1. The van der Waals surface area contributed by atoms with E-state index in [-0.39, 0.29) is 11.2 Å². The van der Waals surface area contributed by atoms with E-state index >= 15 is 0 Å². The van der Waals surface area contributed by atoms with E-state index in [1.165, 1.54) is 0 Å². The van der Waals surface area contributed by atoms with Gasteiger partial charge in [-0.25, -0.2) is 0 Å². The lowest BCUT2D eigenvalue weighted by Crippen LogP contribution is -2.41. The third-order valence-corrected chi connectivity index (χ3v) is 4.28. The Kier molecular flexibility index (Phi) is 4.01. The molecule has 0 bridgehead atoms. The van der Waals surface area contributed by atoms with E-state index in [4.69, 9.17) is 25.4 Å². The van der Waals surface area contributed by atoms with E-state index in [0.717, 1.165) is 30.5 Å². The second kappa shape index (κ2) is 5.11. The Morgan fingerprint density at radius 2 is 1.74 bits per heavy atom. The van der Waals surface area contributed by atoms with Crippen LogP contribution in [0.3, 0.4) is 0 Å². The number of halogens is 1. The molecule has 1 aliphatic rings. The van der Waals surface area contributed by atoms with Crippen molar-refractivity contribution in [3.63, 3.8) is 0 Å². The van der Waals surface area contributed by atoms with Crippen molar-refractivity contribution in [2.24, 2.45) is 0 Å². The van der Waals surface area contributed by atoms with Gasteiger partial charge in [0.25, 0.3) is 0 Å². The number of aromatic nitrogens is 1. The van der Waals surface area contributed by atoms with Crippen LogP contribution in [-0.4, -0.2) is 23.5 Å². The van der Waals surface area contributed by atoms with Crippen molar-refractivity contribution < 1.29 is 13.8 Å². The monoisotopic (exact) mass is 285 g/mol. The predicted molar refractivity (Wildman–Crippen MR) is 75.8 cm³/mol. The van der Waals surface area contributed by atoms with Gasteiger partial charge in [0.15, 0.2) is 5.15 Å². The Balaban J connectivity index is 2.26. The van der Waals surface area contributed by atoms with Crippen molar-refractivity contribution in [3.8, 4) is 0 Å². The highest BCUT2D eigenvalue weighted by Gasteiger charge is 2.53. The molecule has 4 nitrogen and oxygen atoms in total. The molecule has 106 valence electrons. The van der Waals surface area contributed by atoms with Gasteiger partial charge in [-0.05, 0) is 34.1 Å². The van der Waals surface area contributed by atoms with Crippen molar-refractivity contribution in [1.82, 2.24) is 5.16 Å². The quantitative estimate of drug-likeness (QED) is 0.798. The molecule has 1 fully saturated rings. The Morgan fingerprint density at radius 1 is 1.16 bits per heavy atom. The van der Waals surface area contributed by atoms with Gasteiger partial charge in [-0.15, -0.1) is 0 Å². The maximum atomic E-state index is 6.13. The molecule has 0 atom stereocenters. The zero-order valence-electron chi connectivity index (χ0n) is 12.2. The molecular formula is C13H21BClNO3. The summed E-state index contributed by atoms with van der Waals surface area (Å²) in [6, 6.07) is 0. The van der Waals surface area contributed by atoms with Gasteiger partial charge in [0.05, 0.1) is 16.7 Å².